The number of hydrogen-bond donors (Lipinski definition) is 0. The van der Waals surface area contributed by atoms with Gasteiger partial charge >= 0.3 is 5.63 Å². The first-order valence-corrected chi connectivity index (χ1v) is 9.78. The molecule has 0 radical (unpaired) electrons. The lowest BCUT2D eigenvalue weighted by molar-refractivity contribution is 0.0921. The summed E-state index contributed by atoms with van der Waals surface area (Å²) in [5, 5.41) is 0.783. The summed E-state index contributed by atoms with van der Waals surface area (Å²) in [5.41, 5.74) is 3.20. The number of rotatable bonds is 5. The quantitative estimate of drug-likeness (QED) is 0.358. The van der Waals surface area contributed by atoms with Crippen LogP contribution in [0, 0.1) is 13.8 Å². The van der Waals surface area contributed by atoms with E-state index in [0.29, 0.717) is 28.4 Å². The predicted octanol–water partition coefficient (Wildman–Crippen LogP) is 4.19. The van der Waals surface area contributed by atoms with Crippen molar-refractivity contribution in [2.45, 2.75) is 13.8 Å². The molecule has 156 valence electrons. The first kappa shape index (κ1) is 19.0. The second-order valence-electron chi connectivity index (χ2n) is 7.32. The van der Waals surface area contributed by atoms with E-state index in [1.54, 1.807) is 24.3 Å². The molecule has 0 fully saturated rings. The average molecular weight is 417 g/mol. The lowest BCUT2D eigenvalue weighted by Gasteiger charge is -2.11. The Hall–Kier alpha value is -4.00. The number of fused-ring (bicyclic) bond motifs is 2. The highest BCUT2D eigenvalue weighted by Crippen LogP contribution is 2.35. The Morgan fingerprint density at radius 1 is 1.00 bits per heavy atom. The Kier molecular flexibility index (Phi) is 4.51. The van der Waals surface area contributed by atoms with Gasteiger partial charge in [0.05, 0.1) is 0 Å². The molecule has 1 aliphatic heterocycles. The van der Waals surface area contributed by atoms with Crippen LogP contribution in [0.3, 0.4) is 0 Å². The highest BCUT2D eigenvalue weighted by atomic mass is 16.7. The normalized spacial score (nSPS) is 12.3. The molecule has 3 heterocycles. The number of carbonyl (C=O) groups is 1. The van der Waals surface area contributed by atoms with Crippen LogP contribution in [0.5, 0.6) is 17.2 Å². The van der Waals surface area contributed by atoms with E-state index in [1.807, 2.05) is 42.7 Å². The monoisotopic (exact) mass is 417 g/mol. The number of benzene rings is 2. The minimum atomic E-state index is -0.434. The Labute approximate surface area is 177 Å². The number of aromatic nitrogens is 1. The minimum absolute atomic E-state index is 0.131. The highest BCUT2D eigenvalue weighted by Gasteiger charge is 2.20. The van der Waals surface area contributed by atoms with Gasteiger partial charge in [-0.05, 0) is 50.2 Å². The van der Waals surface area contributed by atoms with Crippen molar-refractivity contribution in [3.63, 3.8) is 0 Å². The summed E-state index contributed by atoms with van der Waals surface area (Å²) in [6.45, 7) is 3.92. The van der Waals surface area contributed by atoms with E-state index in [1.165, 1.54) is 6.07 Å². The van der Waals surface area contributed by atoms with Crippen LogP contribution in [0.25, 0.3) is 16.7 Å². The van der Waals surface area contributed by atoms with Crippen molar-refractivity contribution in [2.75, 3.05) is 13.4 Å². The number of aryl methyl sites for hydroxylation is 1. The fourth-order valence-electron chi connectivity index (χ4n) is 3.82. The SMILES string of the molecule is Cc1cc(C(=O)COc2ccc3ccc(=O)oc3c2)c(C)n1-c1ccc2c(c1)OCO2. The second-order valence-corrected chi connectivity index (χ2v) is 7.32. The molecule has 31 heavy (non-hydrogen) atoms. The van der Waals surface area contributed by atoms with Gasteiger partial charge in [-0.25, -0.2) is 4.79 Å². The zero-order chi connectivity index (χ0) is 21.5. The molecule has 0 amide bonds. The van der Waals surface area contributed by atoms with Gasteiger partial charge in [0.25, 0.3) is 0 Å². The molecule has 0 N–H and O–H groups in total. The lowest BCUT2D eigenvalue weighted by Crippen LogP contribution is -2.12. The number of Topliss-reactive ketones (excluding diaryl/α,β-unsaturated/α-hetero) is 1. The minimum Gasteiger partial charge on any atom is -0.485 e. The zero-order valence-corrected chi connectivity index (χ0v) is 17.0. The van der Waals surface area contributed by atoms with Gasteiger partial charge < -0.3 is 23.2 Å². The third kappa shape index (κ3) is 3.44. The molecule has 1 aliphatic rings. The Balaban J connectivity index is 1.38. The van der Waals surface area contributed by atoms with Crippen LogP contribution >= 0.6 is 0 Å². The average Bonchev–Trinajstić information content (AvgIpc) is 3.34. The van der Waals surface area contributed by atoms with Crippen molar-refractivity contribution in [1.29, 1.82) is 0 Å². The van der Waals surface area contributed by atoms with Crippen LogP contribution in [0.15, 0.2) is 63.8 Å². The van der Waals surface area contributed by atoms with Gasteiger partial charge in [0, 0.05) is 46.2 Å². The van der Waals surface area contributed by atoms with Crippen molar-refractivity contribution >= 4 is 16.8 Å². The van der Waals surface area contributed by atoms with Crippen molar-refractivity contribution in [1.82, 2.24) is 4.57 Å². The molecule has 2 aromatic carbocycles. The summed E-state index contributed by atoms with van der Waals surface area (Å²) < 4.78 is 23.7. The molecule has 0 saturated carbocycles. The Morgan fingerprint density at radius 3 is 2.68 bits per heavy atom. The third-order valence-corrected chi connectivity index (χ3v) is 5.31. The molecular formula is C24H19NO6. The topological polar surface area (TPSA) is 79.9 Å². The maximum Gasteiger partial charge on any atom is 0.336 e. The zero-order valence-electron chi connectivity index (χ0n) is 17.0. The Morgan fingerprint density at radius 2 is 1.81 bits per heavy atom. The summed E-state index contributed by atoms with van der Waals surface area (Å²) >= 11 is 0. The third-order valence-electron chi connectivity index (χ3n) is 5.31. The smallest absolute Gasteiger partial charge is 0.336 e. The maximum atomic E-state index is 12.9. The first-order chi connectivity index (χ1) is 15.0. The summed E-state index contributed by atoms with van der Waals surface area (Å²) in [4.78, 5) is 24.3. The van der Waals surface area contributed by atoms with Crippen molar-refractivity contribution in [2.24, 2.45) is 0 Å². The van der Waals surface area contributed by atoms with Crippen LogP contribution in [0.4, 0.5) is 0 Å². The van der Waals surface area contributed by atoms with Crippen LogP contribution in [-0.2, 0) is 0 Å². The van der Waals surface area contributed by atoms with Crippen molar-refractivity contribution < 1.29 is 23.4 Å². The first-order valence-electron chi connectivity index (χ1n) is 9.78. The van der Waals surface area contributed by atoms with Gasteiger partial charge in [-0.1, -0.05) is 0 Å². The summed E-state index contributed by atoms with van der Waals surface area (Å²) in [7, 11) is 0. The molecule has 0 spiro atoms. The summed E-state index contributed by atoms with van der Waals surface area (Å²) in [5.74, 6) is 1.71. The van der Waals surface area contributed by atoms with Crippen LogP contribution in [0.2, 0.25) is 0 Å². The molecular weight excluding hydrogens is 398 g/mol. The number of ketones is 1. The highest BCUT2D eigenvalue weighted by molar-refractivity contribution is 5.99. The van der Waals surface area contributed by atoms with E-state index in [4.69, 9.17) is 18.6 Å². The standard InChI is InChI=1S/C24H19NO6/c1-14-9-19(15(2)25(14)17-5-7-21-23(10-17)30-13-29-21)20(26)12-28-18-6-3-16-4-8-24(27)31-22(16)11-18/h3-11H,12-13H2,1-2H3. The molecule has 7 heteroatoms. The number of carbonyl (C=O) groups excluding carboxylic acids is 1. The van der Waals surface area contributed by atoms with Gasteiger partial charge in [0.2, 0.25) is 12.6 Å². The molecule has 4 aromatic rings. The predicted molar refractivity (Wildman–Crippen MR) is 114 cm³/mol. The van der Waals surface area contributed by atoms with Crippen molar-refractivity contribution in [3.05, 3.63) is 82.0 Å². The van der Waals surface area contributed by atoms with E-state index < -0.39 is 5.63 Å². The molecule has 5 rings (SSSR count). The van der Waals surface area contributed by atoms with Gasteiger partial charge in [0.15, 0.2) is 18.1 Å². The van der Waals surface area contributed by atoms with E-state index in [0.717, 1.165) is 22.5 Å². The number of ether oxygens (including phenoxy) is 3. The summed E-state index contributed by atoms with van der Waals surface area (Å²) in [6.07, 6.45) is 0. The fraction of sp³-hybridized carbons (Fsp3) is 0.167. The summed E-state index contributed by atoms with van der Waals surface area (Å²) in [6, 6.07) is 15.7. The van der Waals surface area contributed by atoms with Crippen LogP contribution in [-0.4, -0.2) is 23.8 Å². The van der Waals surface area contributed by atoms with Crippen molar-refractivity contribution in [3.8, 4) is 22.9 Å². The second kappa shape index (κ2) is 7.36. The van der Waals surface area contributed by atoms with Gasteiger partial charge in [-0.2, -0.15) is 0 Å². The number of nitrogens with zero attached hydrogens (tertiary/aromatic N) is 1. The van der Waals surface area contributed by atoms with E-state index in [2.05, 4.69) is 0 Å². The maximum absolute atomic E-state index is 12.9. The fourth-order valence-corrected chi connectivity index (χ4v) is 3.82. The van der Waals surface area contributed by atoms with Crippen LogP contribution in [0.1, 0.15) is 21.7 Å². The van der Waals surface area contributed by atoms with Gasteiger partial charge in [-0.3, -0.25) is 4.79 Å². The lowest BCUT2D eigenvalue weighted by atomic mass is 10.1. The Bertz CT molecular complexity index is 1380. The molecule has 0 unspecified atom stereocenters. The van der Waals surface area contributed by atoms with Gasteiger partial charge in [-0.15, -0.1) is 0 Å². The molecule has 0 bridgehead atoms. The largest absolute Gasteiger partial charge is 0.485 e. The molecule has 0 aliphatic carbocycles. The van der Waals surface area contributed by atoms with E-state index in [9.17, 15) is 9.59 Å². The van der Waals surface area contributed by atoms with Gasteiger partial charge in [0.1, 0.15) is 11.3 Å². The molecule has 7 nitrogen and oxygen atoms in total. The van der Waals surface area contributed by atoms with E-state index in [-0.39, 0.29) is 19.2 Å². The van der Waals surface area contributed by atoms with E-state index >= 15 is 0 Å². The molecule has 0 atom stereocenters. The van der Waals surface area contributed by atoms with Crippen LogP contribution < -0.4 is 19.8 Å². The molecule has 2 aromatic heterocycles. The number of hydrogen-bond acceptors (Lipinski definition) is 6. The molecule has 0 saturated heterocycles.